The van der Waals surface area contributed by atoms with E-state index < -0.39 is 0 Å². The molecule has 0 aliphatic carbocycles. The molecule has 0 amide bonds. The van der Waals surface area contributed by atoms with Gasteiger partial charge in [0.25, 0.3) is 0 Å². The van der Waals surface area contributed by atoms with Crippen molar-refractivity contribution in [3.8, 4) is 0 Å². The zero-order valence-electron chi connectivity index (χ0n) is 6.93. The van der Waals surface area contributed by atoms with Crippen molar-refractivity contribution >= 4 is 0 Å². The van der Waals surface area contributed by atoms with E-state index in [-0.39, 0.29) is 0 Å². The molecule has 0 aromatic rings. The highest BCUT2D eigenvalue weighted by Crippen LogP contribution is 1.84. The Bertz CT molecular complexity index is 47.2. The fraction of sp³-hybridized carbons (Fsp3) is 0.875. The standard InChI is InChI=1S/C8H17O2/c1-3-6-10-8-5-7-9-4-2/h5H,3-4,6-8H2,1-2H3. The molecule has 0 rings (SSSR count). The molecule has 0 aromatic carbocycles. The van der Waals surface area contributed by atoms with Crippen molar-refractivity contribution in [2.75, 3.05) is 26.4 Å². The molecule has 0 bridgehead atoms. The van der Waals surface area contributed by atoms with Gasteiger partial charge in [-0.25, -0.2) is 0 Å². The smallest absolute Gasteiger partial charge is 0.0520 e. The highest BCUT2D eigenvalue weighted by Gasteiger charge is 1.86. The first-order chi connectivity index (χ1) is 4.91. The van der Waals surface area contributed by atoms with Crippen molar-refractivity contribution < 1.29 is 9.47 Å². The van der Waals surface area contributed by atoms with Gasteiger partial charge in [-0.3, -0.25) is 0 Å². The van der Waals surface area contributed by atoms with Crippen molar-refractivity contribution in [1.29, 1.82) is 0 Å². The van der Waals surface area contributed by atoms with Gasteiger partial charge < -0.3 is 9.47 Å². The summed E-state index contributed by atoms with van der Waals surface area (Å²) in [7, 11) is 0. The molecule has 0 saturated carbocycles. The Labute approximate surface area is 63.5 Å². The Morgan fingerprint density at radius 3 is 2.40 bits per heavy atom. The Kier molecular flexibility index (Phi) is 8.85. The Morgan fingerprint density at radius 1 is 1.10 bits per heavy atom. The Morgan fingerprint density at radius 2 is 1.80 bits per heavy atom. The van der Waals surface area contributed by atoms with E-state index in [1.165, 1.54) is 0 Å². The lowest BCUT2D eigenvalue weighted by Gasteiger charge is -2.01. The maximum absolute atomic E-state index is 5.19. The zero-order valence-corrected chi connectivity index (χ0v) is 6.93. The largest absolute Gasteiger partial charge is 0.381 e. The van der Waals surface area contributed by atoms with E-state index in [1.807, 2.05) is 13.3 Å². The molecule has 1 radical (unpaired) electrons. The van der Waals surface area contributed by atoms with Gasteiger partial charge in [-0.05, 0) is 13.3 Å². The van der Waals surface area contributed by atoms with Gasteiger partial charge in [0, 0.05) is 19.6 Å². The summed E-state index contributed by atoms with van der Waals surface area (Å²) >= 11 is 0. The summed E-state index contributed by atoms with van der Waals surface area (Å²) in [6, 6.07) is 0. The fourth-order valence-corrected chi connectivity index (χ4v) is 0.560. The topological polar surface area (TPSA) is 18.5 Å². The van der Waals surface area contributed by atoms with Crippen molar-refractivity contribution in [3.63, 3.8) is 0 Å². The molecule has 0 aliphatic heterocycles. The molecule has 2 heteroatoms. The van der Waals surface area contributed by atoms with Gasteiger partial charge in [0.1, 0.15) is 0 Å². The summed E-state index contributed by atoms with van der Waals surface area (Å²) in [6.45, 7) is 7.14. The van der Waals surface area contributed by atoms with Crippen molar-refractivity contribution in [2.45, 2.75) is 20.3 Å². The van der Waals surface area contributed by atoms with Gasteiger partial charge in [0.2, 0.25) is 0 Å². The van der Waals surface area contributed by atoms with Crippen LogP contribution in [0.5, 0.6) is 0 Å². The van der Waals surface area contributed by atoms with Crippen LogP contribution in [0.2, 0.25) is 0 Å². The van der Waals surface area contributed by atoms with Crippen LogP contribution in [-0.4, -0.2) is 26.4 Å². The van der Waals surface area contributed by atoms with Gasteiger partial charge in [-0.15, -0.1) is 0 Å². The minimum atomic E-state index is 0.709. The summed E-state index contributed by atoms with van der Waals surface area (Å²) in [6.07, 6.45) is 3.08. The monoisotopic (exact) mass is 145 g/mol. The molecule has 0 unspecified atom stereocenters. The maximum Gasteiger partial charge on any atom is 0.0520 e. The summed E-state index contributed by atoms with van der Waals surface area (Å²) < 4.78 is 10.3. The molecule has 0 heterocycles. The van der Waals surface area contributed by atoms with Crippen LogP contribution >= 0.6 is 0 Å². The molecule has 0 N–H and O–H groups in total. The zero-order chi connectivity index (χ0) is 7.66. The van der Waals surface area contributed by atoms with Gasteiger partial charge >= 0.3 is 0 Å². The average molecular weight is 145 g/mol. The summed E-state index contributed by atoms with van der Waals surface area (Å²) in [5.41, 5.74) is 0. The second-order valence-corrected chi connectivity index (χ2v) is 2.02. The van der Waals surface area contributed by atoms with Crippen LogP contribution in [0.1, 0.15) is 20.3 Å². The van der Waals surface area contributed by atoms with Crippen LogP contribution < -0.4 is 0 Å². The average Bonchev–Trinajstić information content (AvgIpc) is 1.97. The summed E-state index contributed by atoms with van der Waals surface area (Å²) in [5, 5.41) is 0. The van der Waals surface area contributed by atoms with Gasteiger partial charge in [-0.2, -0.15) is 0 Å². The van der Waals surface area contributed by atoms with E-state index in [0.29, 0.717) is 13.2 Å². The molecule has 0 spiro atoms. The van der Waals surface area contributed by atoms with Crippen LogP contribution in [0.15, 0.2) is 0 Å². The molecule has 0 atom stereocenters. The maximum atomic E-state index is 5.19. The predicted octanol–water partition coefficient (Wildman–Crippen LogP) is 1.65. The van der Waals surface area contributed by atoms with Crippen molar-refractivity contribution in [3.05, 3.63) is 6.42 Å². The van der Waals surface area contributed by atoms with E-state index in [1.54, 1.807) is 0 Å². The van der Waals surface area contributed by atoms with E-state index >= 15 is 0 Å². The van der Waals surface area contributed by atoms with Crippen LogP contribution in [0.25, 0.3) is 0 Å². The molecule has 0 aliphatic rings. The number of hydrogen-bond acceptors (Lipinski definition) is 2. The minimum Gasteiger partial charge on any atom is -0.381 e. The second kappa shape index (κ2) is 8.92. The van der Waals surface area contributed by atoms with Gasteiger partial charge in [-0.1, -0.05) is 6.92 Å². The van der Waals surface area contributed by atoms with E-state index in [0.717, 1.165) is 19.6 Å². The highest BCUT2D eigenvalue weighted by atomic mass is 16.5. The van der Waals surface area contributed by atoms with Gasteiger partial charge in [0.15, 0.2) is 0 Å². The molecule has 61 valence electrons. The molecular weight excluding hydrogens is 128 g/mol. The molecule has 0 aromatic heterocycles. The quantitative estimate of drug-likeness (QED) is 0.507. The number of hydrogen-bond donors (Lipinski definition) is 0. The molecule has 2 nitrogen and oxygen atoms in total. The lowest BCUT2D eigenvalue weighted by atomic mass is 10.5. The van der Waals surface area contributed by atoms with E-state index in [9.17, 15) is 0 Å². The van der Waals surface area contributed by atoms with E-state index in [2.05, 4.69) is 6.92 Å². The fourth-order valence-electron chi connectivity index (χ4n) is 0.560. The first-order valence-corrected chi connectivity index (χ1v) is 3.89. The summed E-state index contributed by atoms with van der Waals surface area (Å²) in [5.74, 6) is 0. The lowest BCUT2D eigenvalue weighted by molar-refractivity contribution is 0.121. The minimum absolute atomic E-state index is 0.709. The molecule has 0 fully saturated rings. The first kappa shape index (κ1) is 9.92. The van der Waals surface area contributed by atoms with Gasteiger partial charge in [0.05, 0.1) is 13.2 Å². The van der Waals surface area contributed by atoms with Crippen LogP contribution in [-0.2, 0) is 9.47 Å². The highest BCUT2D eigenvalue weighted by molar-refractivity contribution is 4.60. The molecule has 0 saturated heterocycles. The second-order valence-electron chi connectivity index (χ2n) is 2.02. The van der Waals surface area contributed by atoms with Crippen LogP contribution in [0, 0.1) is 6.42 Å². The predicted molar refractivity (Wildman–Crippen MR) is 41.9 cm³/mol. The first-order valence-electron chi connectivity index (χ1n) is 3.89. The normalized spacial score (nSPS) is 10.2. The SMILES string of the molecule is CCCOC[CH]COCC. The molecule has 10 heavy (non-hydrogen) atoms. The molecular formula is C8H17O2. The van der Waals surface area contributed by atoms with E-state index in [4.69, 9.17) is 9.47 Å². The Hall–Kier alpha value is -0.0800. The third-order valence-corrected chi connectivity index (χ3v) is 1.02. The third-order valence-electron chi connectivity index (χ3n) is 1.02. The van der Waals surface area contributed by atoms with Crippen LogP contribution in [0.3, 0.4) is 0 Å². The van der Waals surface area contributed by atoms with Crippen molar-refractivity contribution in [2.24, 2.45) is 0 Å². The Balaban J connectivity index is 2.65. The number of rotatable bonds is 7. The number of ether oxygens (including phenoxy) is 2. The summed E-state index contributed by atoms with van der Waals surface area (Å²) in [4.78, 5) is 0. The third kappa shape index (κ3) is 7.92. The van der Waals surface area contributed by atoms with Crippen molar-refractivity contribution in [1.82, 2.24) is 0 Å². The lowest BCUT2D eigenvalue weighted by Crippen LogP contribution is -2.01. The van der Waals surface area contributed by atoms with Crippen LogP contribution in [0.4, 0.5) is 0 Å².